The fourth-order valence-electron chi connectivity index (χ4n) is 5.08. The number of aliphatic imine (C=N–C) groups is 1. The second-order valence-corrected chi connectivity index (χ2v) is 11.2. The lowest BCUT2D eigenvalue weighted by atomic mass is 10.1. The zero-order valence-electron chi connectivity index (χ0n) is 27.4. The van der Waals surface area contributed by atoms with Crippen molar-refractivity contribution in [3.8, 4) is 11.5 Å². The fraction of sp³-hybridized carbons (Fsp3) is 0.406. The van der Waals surface area contributed by atoms with Crippen molar-refractivity contribution in [2.45, 2.75) is 52.6 Å². The number of ether oxygens (including phenoxy) is 3. The van der Waals surface area contributed by atoms with Crippen molar-refractivity contribution >= 4 is 40.7 Å². The molecule has 9 N–H and O–H groups in total. The summed E-state index contributed by atoms with van der Waals surface area (Å²) in [7, 11) is 1.59. The number of methoxy groups -OCH3 is 1. The second kappa shape index (κ2) is 15.9. The molecule has 0 unspecified atom stereocenters. The highest BCUT2D eigenvalue weighted by atomic mass is 19.1. The highest BCUT2D eigenvalue weighted by Crippen LogP contribution is 2.33. The number of carbonyl (C=O) groups excluding carboxylic acids is 3. The molecule has 0 saturated carbocycles. The first kappa shape index (κ1) is 35.5. The molecule has 1 aliphatic heterocycles. The predicted molar refractivity (Wildman–Crippen MR) is 179 cm³/mol. The molecule has 3 aromatic rings. The van der Waals surface area contributed by atoms with Gasteiger partial charge in [0.15, 0.2) is 11.5 Å². The standard InChI is InChI=1S/C32H42FN9O6/c1-5-42-28(26(33)18(3)41-42)31(45)40-32-38-21(16-48-24-14-20(30(36)44)13-23(39-32)17(24)2)8-6-9-37-27-22(34)12-19(29(35)43)15-25(27)47-11-7-10-46-4/h12-15,21,37H,5-11,16,34H2,1-4H3,(H2,35,43)(H2,36,44)(H2,38,39,40,45)/t21-/m0/s1. The summed E-state index contributed by atoms with van der Waals surface area (Å²) in [5.74, 6) is -1.96. The van der Waals surface area contributed by atoms with Crippen LogP contribution < -0.4 is 42.6 Å². The van der Waals surface area contributed by atoms with E-state index in [2.05, 4.69) is 21.0 Å². The van der Waals surface area contributed by atoms with Gasteiger partial charge in [0.2, 0.25) is 17.8 Å². The molecular weight excluding hydrogens is 625 g/mol. The summed E-state index contributed by atoms with van der Waals surface area (Å²) >= 11 is 0. The van der Waals surface area contributed by atoms with E-state index in [1.54, 1.807) is 27.0 Å². The Morgan fingerprint density at radius 1 is 1.10 bits per heavy atom. The van der Waals surface area contributed by atoms with E-state index in [1.807, 2.05) is 0 Å². The molecule has 2 bridgehead atoms. The van der Waals surface area contributed by atoms with Gasteiger partial charge in [0, 0.05) is 55.6 Å². The zero-order valence-corrected chi connectivity index (χ0v) is 27.4. The number of hydrogen-bond acceptors (Lipinski definition) is 11. The van der Waals surface area contributed by atoms with Crippen molar-refractivity contribution in [3.63, 3.8) is 0 Å². The number of halogens is 1. The first-order valence-electron chi connectivity index (χ1n) is 15.5. The molecule has 2 heterocycles. The third-order valence-corrected chi connectivity index (χ3v) is 7.62. The topological polar surface area (TPSA) is 223 Å². The Morgan fingerprint density at radius 3 is 2.52 bits per heavy atom. The Kier molecular flexibility index (Phi) is 11.8. The molecule has 0 radical (unpaired) electrons. The summed E-state index contributed by atoms with van der Waals surface area (Å²) in [4.78, 5) is 42.0. The number of anilines is 3. The molecule has 0 saturated heterocycles. The Balaban J connectivity index is 1.56. The molecule has 0 fully saturated rings. The van der Waals surface area contributed by atoms with Crippen LogP contribution in [0.3, 0.4) is 0 Å². The van der Waals surface area contributed by atoms with Crippen molar-refractivity contribution in [2.24, 2.45) is 16.5 Å². The third kappa shape index (κ3) is 8.50. The molecule has 16 heteroatoms. The van der Waals surface area contributed by atoms with Crippen LogP contribution in [0.25, 0.3) is 0 Å². The van der Waals surface area contributed by atoms with E-state index in [0.717, 1.165) is 0 Å². The maximum atomic E-state index is 14.9. The SMILES string of the molecule is CCn1nc(C)c(F)c1C(=O)NC1=N[C@@H](CCCNc2c(N)cc(C(N)=O)cc2OCCCOC)COc2cc(C(N)=O)cc(c2C)N1. The van der Waals surface area contributed by atoms with Gasteiger partial charge in [-0.25, -0.2) is 9.38 Å². The summed E-state index contributed by atoms with van der Waals surface area (Å²) in [6, 6.07) is 5.60. The number of nitrogen functional groups attached to an aromatic ring is 1. The van der Waals surface area contributed by atoms with Crippen LogP contribution in [0.4, 0.5) is 21.5 Å². The van der Waals surface area contributed by atoms with Crippen LogP contribution in [-0.2, 0) is 11.3 Å². The van der Waals surface area contributed by atoms with Crippen LogP contribution >= 0.6 is 0 Å². The zero-order chi connectivity index (χ0) is 35.0. The van der Waals surface area contributed by atoms with Crippen molar-refractivity contribution in [2.75, 3.05) is 49.8 Å². The van der Waals surface area contributed by atoms with Gasteiger partial charge in [-0.2, -0.15) is 5.10 Å². The van der Waals surface area contributed by atoms with Crippen LogP contribution in [0.5, 0.6) is 11.5 Å². The number of guanidine groups is 1. The van der Waals surface area contributed by atoms with Gasteiger partial charge in [0.05, 0.1) is 24.0 Å². The molecule has 0 aliphatic carbocycles. The van der Waals surface area contributed by atoms with Crippen LogP contribution in [0.1, 0.15) is 68.6 Å². The molecular formula is C32H42FN9O6. The van der Waals surface area contributed by atoms with Crippen LogP contribution in [0.15, 0.2) is 29.3 Å². The maximum Gasteiger partial charge on any atom is 0.279 e. The lowest BCUT2D eigenvalue weighted by Gasteiger charge is -2.18. The first-order chi connectivity index (χ1) is 22.9. The molecule has 1 atom stereocenters. The normalized spacial score (nSPS) is 14.0. The summed E-state index contributed by atoms with van der Waals surface area (Å²) in [6.45, 7) is 6.63. The summed E-state index contributed by atoms with van der Waals surface area (Å²) < 4.78 is 33.3. The molecule has 0 spiro atoms. The summed E-state index contributed by atoms with van der Waals surface area (Å²) in [5, 5.41) is 13.1. The number of benzene rings is 2. The molecule has 2 aromatic carbocycles. The number of nitrogens with one attached hydrogen (secondary N) is 3. The lowest BCUT2D eigenvalue weighted by molar-refractivity contribution is 0.0959. The van der Waals surface area contributed by atoms with Crippen LogP contribution in [0.2, 0.25) is 0 Å². The van der Waals surface area contributed by atoms with Gasteiger partial charge in [-0.3, -0.25) is 24.4 Å². The number of nitrogens with two attached hydrogens (primary N) is 3. The van der Waals surface area contributed by atoms with Crippen molar-refractivity contribution < 1.29 is 33.0 Å². The summed E-state index contributed by atoms with van der Waals surface area (Å²) in [5.41, 5.74) is 19.4. The Labute approximate surface area is 277 Å². The van der Waals surface area contributed by atoms with E-state index in [-0.39, 0.29) is 41.6 Å². The van der Waals surface area contributed by atoms with Crippen molar-refractivity contribution in [3.05, 3.63) is 58.2 Å². The number of carbonyl (C=O) groups is 3. The smallest absolute Gasteiger partial charge is 0.279 e. The average molecular weight is 668 g/mol. The minimum atomic E-state index is -0.751. The number of aromatic nitrogens is 2. The molecule has 258 valence electrons. The number of nitrogens with zero attached hydrogens (tertiary/aromatic N) is 3. The highest BCUT2D eigenvalue weighted by Gasteiger charge is 2.25. The van der Waals surface area contributed by atoms with E-state index in [4.69, 9.17) is 36.4 Å². The van der Waals surface area contributed by atoms with Crippen molar-refractivity contribution in [1.29, 1.82) is 0 Å². The lowest BCUT2D eigenvalue weighted by Crippen LogP contribution is -2.39. The number of aryl methyl sites for hydroxylation is 2. The molecule has 4 rings (SSSR count). The third-order valence-electron chi connectivity index (χ3n) is 7.62. The quantitative estimate of drug-likeness (QED) is 0.109. The minimum absolute atomic E-state index is 0.0260. The van der Waals surface area contributed by atoms with Gasteiger partial charge in [-0.15, -0.1) is 0 Å². The van der Waals surface area contributed by atoms with Gasteiger partial charge < -0.3 is 42.0 Å². The van der Waals surface area contributed by atoms with E-state index in [9.17, 15) is 18.8 Å². The second-order valence-electron chi connectivity index (χ2n) is 11.2. The molecule has 48 heavy (non-hydrogen) atoms. The Hall–Kier alpha value is -5.38. The van der Waals surface area contributed by atoms with E-state index >= 15 is 0 Å². The monoisotopic (exact) mass is 667 g/mol. The Morgan fingerprint density at radius 2 is 1.83 bits per heavy atom. The molecule has 1 aliphatic rings. The predicted octanol–water partition coefficient (Wildman–Crippen LogP) is 2.71. The number of primary amides is 2. The number of rotatable bonds is 14. The van der Waals surface area contributed by atoms with E-state index < -0.39 is 29.6 Å². The molecule has 15 nitrogen and oxygen atoms in total. The fourth-order valence-corrected chi connectivity index (χ4v) is 5.08. The van der Waals surface area contributed by atoms with Crippen molar-refractivity contribution in [1.82, 2.24) is 15.1 Å². The van der Waals surface area contributed by atoms with E-state index in [1.165, 1.54) is 29.8 Å². The average Bonchev–Trinajstić information content (AvgIpc) is 3.34. The number of hydrogen-bond donors (Lipinski definition) is 6. The van der Waals surface area contributed by atoms with Gasteiger partial charge in [-0.05, 0) is 57.9 Å². The van der Waals surface area contributed by atoms with Gasteiger partial charge in [0.25, 0.3) is 5.91 Å². The van der Waals surface area contributed by atoms with Crippen LogP contribution in [-0.4, -0.2) is 73.0 Å². The van der Waals surface area contributed by atoms with Gasteiger partial charge in [-0.1, -0.05) is 0 Å². The van der Waals surface area contributed by atoms with Gasteiger partial charge >= 0.3 is 0 Å². The largest absolute Gasteiger partial charge is 0.491 e. The maximum absolute atomic E-state index is 14.9. The first-order valence-corrected chi connectivity index (χ1v) is 15.5. The van der Waals surface area contributed by atoms with Crippen LogP contribution in [0, 0.1) is 19.7 Å². The highest BCUT2D eigenvalue weighted by molar-refractivity contribution is 6.10. The van der Waals surface area contributed by atoms with Gasteiger partial charge in [0.1, 0.15) is 23.8 Å². The summed E-state index contributed by atoms with van der Waals surface area (Å²) in [6.07, 6.45) is 1.65. The molecule has 3 amide bonds. The molecule has 1 aromatic heterocycles. The minimum Gasteiger partial charge on any atom is -0.491 e. The Bertz CT molecular complexity index is 1710. The van der Waals surface area contributed by atoms with E-state index in [0.29, 0.717) is 73.1 Å². The number of amides is 3. The number of fused-ring (bicyclic) bond motifs is 2.